The van der Waals surface area contributed by atoms with E-state index in [0.717, 1.165) is 48.6 Å². The number of hydrogen-bond donors (Lipinski definition) is 2. The fraction of sp³-hybridized carbons (Fsp3) is 0.444. The van der Waals surface area contributed by atoms with Crippen molar-refractivity contribution in [2.75, 3.05) is 21.7 Å². The zero-order chi connectivity index (χ0) is 28.7. The van der Waals surface area contributed by atoms with E-state index in [1.165, 1.54) is 13.0 Å². The molecule has 0 unspecified atom stereocenters. The Bertz CT molecular complexity index is 1220. The summed E-state index contributed by atoms with van der Waals surface area (Å²) >= 11 is 5.76. The topological polar surface area (TPSA) is 95.6 Å². The van der Waals surface area contributed by atoms with Crippen LogP contribution < -0.4 is 15.5 Å². The van der Waals surface area contributed by atoms with Gasteiger partial charge in [-0.25, -0.2) is 0 Å². The minimum absolute atomic E-state index is 0.0961. The predicted octanol–water partition coefficient (Wildman–Crippen LogP) is 5.23. The molecule has 12 heteroatoms. The lowest BCUT2D eigenvalue weighted by Crippen LogP contribution is -2.52. The number of halogens is 4. The highest BCUT2D eigenvalue weighted by atomic mass is 35.5. The summed E-state index contributed by atoms with van der Waals surface area (Å²) in [4.78, 5) is 39.6. The van der Waals surface area contributed by atoms with Crippen LogP contribution in [0.15, 0.2) is 42.5 Å². The maximum absolute atomic E-state index is 13.6. The van der Waals surface area contributed by atoms with E-state index in [0.29, 0.717) is 11.8 Å². The summed E-state index contributed by atoms with van der Waals surface area (Å²) in [5.74, 6) is -3.18. The molecule has 2 atom stereocenters. The van der Waals surface area contributed by atoms with Gasteiger partial charge in [0.1, 0.15) is 17.5 Å². The largest absolute Gasteiger partial charge is 0.417 e. The Morgan fingerprint density at radius 1 is 1.05 bits per heavy atom. The van der Waals surface area contributed by atoms with Gasteiger partial charge in [-0.2, -0.15) is 13.2 Å². The molecule has 2 N–H and O–H groups in total. The summed E-state index contributed by atoms with van der Waals surface area (Å²) < 4.78 is 53.4. The Morgan fingerprint density at radius 3 is 2.31 bits per heavy atom. The molecular weight excluding hydrogens is 555 g/mol. The van der Waals surface area contributed by atoms with Crippen LogP contribution in [-0.2, 0) is 31.4 Å². The standard InChI is InChI=1S/C27H31ClF3N3O4S/c1-17-8-10-20(11-9-17)32-24(35)15-39(38)16-25(36)34(18(2)26(37)33-19-6-4-3-5-7-19)21-12-13-23(28)22(14-21)27(29,30)31/h8-14,18-19H,3-7,15-16H2,1-2H3,(H,32,35)(H,33,37)/t18-,39-/m1/s1. The molecule has 3 rings (SSSR count). The normalized spacial score (nSPS) is 15.7. The summed E-state index contributed by atoms with van der Waals surface area (Å²) in [6, 6.07) is 8.51. The molecule has 0 saturated heterocycles. The molecular formula is C27H31ClF3N3O4S. The van der Waals surface area contributed by atoms with Gasteiger partial charge in [-0.3, -0.25) is 23.5 Å². The number of carbonyl (C=O) groups is 3. The summed E-state index contributed by atoms with van der Waals surface area (Å²) in [5, 5.41) is 4.91. The Balaban J connectivity index is 1.79. The number of nitrogens with one attached hydrogen (secondary N) is 2. The van der Waals surface area contributed by atoms with Gasteiger partial charge < -0.3 is 10.6 Å². The van der Waals surface area contributed by atoms with Gasteiger partial charge in [0, 0.05) is 28.2 Å². The average molecular weight is 586 g/mol. The highest BCUT2D eigenvalue weighted by Gasteiger charge is 2.36. The Morgan fingerprint density at radius 2 is 1.69 bits per heavy atom. The summed E-state index contributed by atoms with van der Waals surface area (Å²) in [6.07, 6.45) is -0.319. The summed E-state index contributed by atoms with van der Waals surface area (Å²) in [7, 11) is -2.00. The Kier molecular flexibility index (Phi) is 10.5. The van der Waals surface area contributed by atoms with Crippen molar-refractivity contribution in [2.24, 2.45) is 0 Å². The second kappa shape index (κ2) is 13.4. The number of amides is 3. The fourth-order valence-corrected chi connectivity index (χ4v) is 5.49. The van der Waals surface area contributed by atoms with E-state index < -0.39 is 62.8 Å². The van der Waals surface area contributed by atoms with Crippen molar-refractivity contribution >= 4 is 51.5 Å². The number of alkyl halides is 3. The van der Waals surface area contributed by atoms with E-state index >= 15 is 0 Å². The first-order valence-corrected chi connectivity index (χ1v) is 14.4. The molecule has 1 aliphatic rings. The van der Waals surface area contributed by atoms with Crippen LogP contribution in [-0.4, -0.2) is 45.5 Å². The highest BCUT2D eigenvalue weighted by molar-refractivity contribution is 7.86. The predicted molar refractivity (Wildman–Crippen MR) is 146 cm³/mol. The van der Waals surface area contributed by atoms with Gasteiger partial charge >= 0.3 is 6.18 Å². The number of aryl methyl sites for hydroxylation is 1. The molecule has 1 aliphatic carbocycles. The third kappa shape index (κ3) is 8.79. The van der Waals surface area contributed by atoms with Gasteiger partial charge in [0.2, 0.25) is 17.7 Å². The quantitative estimate of drug-likeness (QED) is 0.421. The van der Waals surface area contributed by atoms with E-state index in [9.17, 15) is 31.8 Å². The number of benzene rings is 2. The van der Waals surface area contributed by atoms with E-state index in [1.807, 2.05) is 6.92 Å². The van der Waals surface area contributed by atoms with Crippen molar-refractivity contribution in [3.63, 3.8) is 0 Å². The van der Waals surface area contributed by atoms with Gasteiger partial charge in [0.25, 0.3) is 0 Å². The van der Waals surface area contributed by atoms with Crippen LogP contribution in [0.1, 0.15) is 50.2 Å². The molecule has 2 aromatic carbocycles. The lowest BCUT2D eigenvalue weighted by atomic mass is 9.95. The van der Waals surface area contributed by atoms with Gasteiger partial charge in [-0.05, 0) is 57.0 Å². The molecule has 0 radical (unpaired) electrons. The highest BCUT2D eigenvalue weighted by Crippen LogP contribution is 2.37. The summed E-state index contributed by atoms with van der Waals surface area (Å²) in [5.41, 5.74) is 0.0891. The minimum Gasteiger partial charge on any atom is -0.352 e. The smallest absolute Gasteiger partial charge is 0.352 e. The maximum Gasteiger partial charge on any atom is 0.417 e. The first-order chi connectivity index (χ1) is 18.3. The molecule has 0 aliphatic heterocycles. The molecule has 0 aromatic heterocycles. The SMILES string of the molecule is Cc1ccc(NC(=O)C[S@@](=O)CC(=O)N(c2ccc(Cl)c(C(F)(F)F)c2)[C@H](C)C(=O)NC2CCCCC2)cc1. The van der Waals surface area contributed by atoms with Crippen molar-refractivity contribution in [1.29, 1.82) is 0 Å². The molecule has 0 spiro atoms. The molecule has 7 nitrogen and oxygen atoms in total. The van der Waals surface area contributed by atoms with E-state index in [2.05, 4.69) is 10.6 Å². The fourth-order valence-electron chi connectivity index (χ4n) is 4.39. The van der Waals surface area contributed by atoms with Gasteiger partial charge in [-0.1, -0.05) is 48.6 Å². The van der Waals surface area contributed by atoms with Crippen LogP contribution in [0, 0.1) is 6.92 Å². The maximum atomic E-state index is 13.6. The number of hydrogen-bond acceptors (Lipinski definition) is 4. The third-order valence-electron chi connectivity index (χ3n) is 6.43. The lowest BCUT2D eigenvalue weighted by molar-refractivity contribution is -0.137. The van der Waals surface area contributed by atoms with Gasteiger partial charge in [-0.15, -0.1) is 0 Å². The second-order valence-electron chi connectivity index (χ2n) is 9.59. The number of nitrogens with zero attached hydrogens (tertiary/aromatic N) is 1. The van der Waals surface area contributed by atoms with Crippen molar-refractivity contribution < 1.29 is 31.8 Å². The van der Waals surface area contributed by atoms with Crippen molar-refractivity contribution in [2.45, 2.75) is 64.2 Å². The molecule has 3 amide bonds. The van der Waals surface area contributed by atoms with Gasteiger partial charge in [0.05, 0.1) is 10.6 Å². The van der Waals surface area contributed by atoms with Gasteiger partial charge in [0.15, 0.2) is 0 Å². The van der Waals surface area contributed by atoms with Crippen LogP contribution in [0.3, 0.4) is 0 Å². The first kappa shape index (κ1) is 30.6. The molecule has 2 aromatic rings. The molecule has 39 heavy (non-hydrogen) atoms. The van der Waals surface area contributed by atoms with Crippen LogP contribution in [0.4, 0.5) is 24.5 Å². The monoisotopic (exact) mass is 585 g/mol. The first-order valence-electron chi connectivity index (χ1n) is 12.6. The average Bonchev–Trinajstić information content (AvgIpc) is 2.86. The Hall–Kier alpha value is -2.92. The molecule has 0 heterocycles. The molecule has 1 saturated carbocycles. The third-order valence-corrected chi connectivity index (χ3v) is 7.92. The van der Waals surface area contributed by atoms with Crippen LogP contribution in [0.25, 0.3) is 0 Å². The second-order valence-corrected chi connectivity index (χ2v) is 11.5. The number of carbonyl (C=O) groups excluding carboxylic acids is 3. The summed E-state index contributed by atoms with van der Waals surface area (Å²) in [6.45, 7) is 3.28. The van der Waals surface area contributed by atoms with Crippen molar-refractivity contribution in [1.82, 2.24) is 5.32 Å². The van der Waals surface area contributed by atoms with Crippen LogP contribution >= 0.6 is 11.6 Å². The van der Waals surface area contributed by atoms with Crippen molar-refractivity contribution in [3.8, 4) is 0 Å². The molecule has 212 valence electrons. The zero-order valence-electron chi connectivity index (χ0n) is 21.6. The van der Waals surface area contributed by atoms with Crippen LogP contribution in [0.5, 0.6) is 0 Å². The number of rotatable bonds is 9. The molecule has 1 fully saturated rings. The van der Waals surface area contributed by atoms with E-state index in [-0.39, 0.29) is 11.7 Å². The zero-order valence-corrected chi connectivity index (χ0v) is 23.2. The Labute approximate surface area is 232 Å². The number of anilines is 2. The van der Waals surface area contributed by atoms with E-state index in [4.69, 9.17) is 11.6 Å². The lowest BCUT2D eigenvalue weighted by Gasteiger charge is -2.31. The minimum atomic E-state index is -4.80. The van der Waals surface area contributed by atoms with E-state index in [1.54, 1.807) is 24.3 Å². The van der Waals surface area contributed by atoms with Crippen LogP contribution in [0.2, 0.25) is 5.02 Å². The molecule has 0 bridgehead atoms. The van der Waals surface area contributed by atoms with Crippen molar-refractivity contribution in [3.05, 3.63) is 58.6 Å².